The minimum atomic E-state index is -2.11. The van der Waals surface area contributed by atoms with E-state index in [1.165, 1.54) is 23.1 Å². The van der Waals surface area contributed by atoms with Crippen molar-refractivity contribution in [3.8, 4) is 0 Å². The lowest BCUT2D eigenvalue weighted by atomic mass is 10.0. The summed E-state index contributed by atoms with van der Waals surface area (Å²) >= 11 is 5.70. The molecule has 1 fully saturated rings. The summed E-state index contributed by atoms with van der Waals surface area (Å²) in [6.45, 7) is 0.273. The number of hydrogen-bond donors (Lipinski definition) is 2. The Hall–Kier alpha value is -2.44. The zero-order chi connectivity index (χ0) is 18.0. The van der Waals surface area contributed by atoms with E-state index in [4.69, 9.17) is 11.6 Å². The monoisotopic (exact) mass is 362 g/mol. The van der Waals surface area contributed by atoms with Crippen LogP contribution in [0.4, 0.5) is 10.1 Å². The molecule has 0 unspecified atom stereocenters. The molecule has 130 valence electrons. The molecule has 2 aromatic rings. The van der Waals surface area contributed by atoms with Gasteiger partial charge in [-0.1, -0.05) is 35.9 Å². The number of nitrogens with zero attached hydrogens (tertiary/aromatic N) is 1. The number of halogens is 2. The molecule has 0 bridgehead atoms. The first kappa shape index (κ1) is 17.4. The molecule has 2 N–H and O–H groups in total. The van der Waals surface area contributed by atoms with E-state index in [0.29, 0.717) is 11.3 Å². The fraction of sp³-hybridized carbons (Fsp3) is 0.222. The average molecular weight is 363 g/mol. The van der Waals surface area contributed by atoms with Crippen LogP contribution in [0.5, 0.6) is 0 Å². The minimum Gasteiger partial charge on any atom is -0.372 e. The lowest BCUT2D eigenvalue weighted by Crippen LogP contribution is -2.52. The van der Waals surface area contributed by atoms with E-state index < -0.39 is 23.2 Å². The molecule has 0 aromatic heterocycles. The van der Waals surface area contributed by atoms with Gasteiger partial charge in [-0.05, 0) is 29.8 Å². The standard InChI is InChI=1S/C18H16ClFN2O3/c19-14-10-12(6-7-15(14)20)11-21-16(23)18(25)8-9-22(17(18)24)13-4-2-1-3-5-13/h1-7,10,25H,8-9,11H2,(H,21,23)/t18-/m0/s1. The third-order valence-electron chi connectivity index (χ3n) is 4.18. The van der Waals surface area contributed by atoms with Gasteiger partial charge in [0.05, 0.1) is 5.02 Å². The Morgan fingerprint density at radius 2 is 2.00 bits per heavy atom. The van der Waals surface area contributed by atoms with Crippen LogP contribution in [0.25, 0.3) is 0 Å². The van der Waals surface area contributed by atoms with Gasteiger partial charge in [0, 0.05) is 25.2 Å². The van der Waals surface area contributed by atoms with E-state index in [9.17, 15) is 19.1 Å². The molecular formula is C18H16ClFN2O3. The second kappa shape index (κ2) is 6.82. The molecular weight excluding hydrogens is 347 g/mol. The van der Waals surface area contributed by atoms with Gasteiger partial charge in [0.1, 0.15) is 5.82 Å². The number of para-hydroxylation sites is 1. The summed E-state index contributed by atoms with van der Waals surface area (Å²) in [5.41, 5.74) is -0.921. The van der Waals surface area contributed by atoms with E-state index in [1.54, 1.807) is 24.3 Å². The third kappa shape index (κ3) is 3.36. The van der Waals surface area contributed by atoms with Crippen molar-refractivity contribution >= 4 is 29.1 Å². The molecule has 5 nitrogen and oxygen atoms in total. The Balaban J connectivity index is 1.69. The average Bonchev–Trinajstić information content (AvgIpc) is 2.93. The molecule has 1 saturated heterocycles. The number of rotatable bonds is 4. The molecule has 0 spiro atoms. The number of hydrogen-bond acceptors (Lipinski definition) is 3. The first-order valence-corrected chi connectivity index (χ1v) is 8.11. The van der Waals surface area contributed by atoms with Gasteiger partial charge in [0.25, 0.3) is 11.8 Å². The molecule has 0 radical (unpaired) electrons. The van der Waals surface area contributed by atoms with Crippen molar-refractivity contribution in [3.05, 3.63) is 64.9 Å². The van der Waals surface area contributed by atoms with E-state index in [1.807, 2.05) is 6.07 Å². The van der Waals surface area contributed by atoms with E-state index in [0.717, 1.165) is 0 Å². The fourth-order valence-corrected chi connectivity index (χ4v) is 2.95. The van der Waals surface area contributed by atoms with E-state index >= 15 is 0 Å². The fourth-order valence-electron chi connectivity index (χ4n) is 2.75. The summed E-state index contributed by atoms with van der Waals surface area (Å²) in [4.78, 5) is 26.3. The maximum atomic E-state index is 13.2. The van der Waals surface area contributed by atoms with Gasteiger partial charge in [-0.25, -0.2) is 4.39 Å². The van der Waals surface area contributed by atoms with Crippen LogP contribution >= 0.6 is 11.6 Å². The van der Waals surface area contributed by atoms with Gasteiger partial charge < -0.3 is 15.3 Å². The number of carbonyl (C=O) groups excluding carboxylic acids is 2. The molecule has 0 saturated carbocycles. The number of anilines is 1. The Kier molecular flexibility index (Phi) is 4.74. The molecule has 3 rings (SSSR count). The second-order valence-electron chi connectivity index (χ2n) is 5.83. The summed E-state index contributed by atoms with van der Waals surface area (Å²) in [5, 5.41) is 13.0. The van der Waals surface area contributed by atoms with E-state index in [2.05, 4.69) is 5.32 Å². The first-order valence-electron chi connectivity index (χ1n) is 7.73. The van der Waals surface area contributed by atoms with Gasteiger partial charge in [-0.15, -0.1) is 0 Å². The van der Waals surface area contributed by atoms with Crippen molar-refractivity contribution in [1.29, 1.82) is 0 Å². The van der Waals surface area contributed by atoms with Crippen LogP contribution in [0, 0.1) is 5.82 Å². The number of amides is 2. The number of nitrogens with one attached hydrogen (secondary N) is 1. The van der Waals surface area contributed by atoms with Gasteiger partial charge in [0.2, 0.25) is 5.60 Å². The summed E-state index contributed by atoms with van der Waals surface area (Å²) in [7, 11) is 0. The van der Waals surface area contributed by atoms with Crippen LogP contribution in [0.2, 0.25) is 5.02 Å². The summed E-state index contributed by atoms with van der Waals surface area (Å²) in [6.07, 6.45) is -0.00324. The van der Waals surface area contributed by atoms with Crippen LogP contribution in [0.15, 0.2) is 48.5 Å². The van der Waals surface area contributed by atoms with Crippen molar-refractivity contribution in [1.82, 2.24) is 5.32 Å². The van der Waals surface area contributed by atoms with Crippen molar-refractivity contribution in [3.63, 3.8) is 0 Å². The van der Waals surface area contributed by atoms with Crippen molar-refractivity contribution < 1.29 is 19.1 Å². The molecule has 1 aliphatic rings. The molecule has 1 heterocycles. The topological polar surface area (TPSA) is 69.6 Å². The van der Waals surface area contributed by atoms with Crippen molar-refractivity contribution in [2.45, 2.75) is 18.6 Å². The van der Waals surface area contributed by atoms with E-state index in [-0.39, 0.29) is 24.5 Å². The predicted molar refractivity (Wildman–Crippen MR) is 91.6 cm³/mol. The SMILES string of the molecule is O=C(NCc1ccc(F)c(Cl)c1)[C@@]1(O)CCN(c2ccccc2)C1=O. The zero-order valence-corrected chi connectivity index (χ0v) is 14.0. The highest BCUT2D eigenvalue weighted by Crippen LogP contribution is 2.28. The zero-order valence-electron chi connectivity index (χ0n) is 13.2. The maximum absolute atomic E-state index is 13.2. The highest BCUT2D eigenvalue weighted by atomic mass is 35.5. The van der Waals surface area contributed by atoms with Crippen molar-refractivity contribution in [2.75, 3.05) is 11.4 Å². The lowest BCUT2D eigenvalue weighted by Gasteiger charge is -2.21. The van der Waals surface area contributed by atoms with Crippen LogP contribution in [-0.2, 0) is 16.1 Å². The molecule has 1 atom stereocenters. The Morgan fingerprint density at radius 1 is 1.28 bits per heavy atom. The Labute approximate surface area is 149 Å². The normalized spacial score (nSPS) is 20.0. The van der Waals surface area contributed by atoms with Crippen LogP contribution < -0.4 is 10.2 Å². The van der Waals surface area contributed by atoms with Crippen LogP contribution in [-0.4, -0.2) is 29.1 Å². The summed E-state index contributed by atoms with van der Waals surface area (Å²) in [5.74, 6) is -2.00. The van der Waals surface area contributed by atoms with Gasteiger partial charge in [-0.2, -0.15) is 0 Å². The lowest BCUT2D eigenvalue weighted by molar-refractivity contribution is -0.149. The number of carbonyl (C=O) groups is 2. The predicted octanol–water partition coefficient (Wildman–Crippen LogP) is 2.26. The van der Waals surface area contributed by atoms with Gasteiger partial charge >= 0.3 is 0 Å². The van der Waals surface area contributed by atoms with Crippen molar-refractivity contribution in [2.24, 2.45) is 0 Å². The second-order valence-corrected chi connectivity index (χ2v) is 6.24. The van der Waals surface area contributed by atoms with Crippen LogP contribution in [0.1, 0.15) is 12.0 Å². The highest BCUT2D eigenvalue weighted by molar-refractivity contribution is 6.30. The highest BCUT2D eigenvalue weighted by Gasteiger charge is 2.51. The maximum Gasteiger partial charge on any atom is 0.268 e. The largest absolute Gasteiger partial charge is 0.372 e. The molecule has 7 heteroatoms. The third-order valence-corrected chi connectivity index (χ3v) is 4.47. The van der Waals surface area contributed by atoms with Crippen LogP contribution in [0.3, 0.4) is 0 Å². The van der Waals surface area contributed by atoms with Gasteiger partial charge in [0.15, 0.2) is 0 Å². The van der Waals surface area contributed by atoms with Gasteiger partial charge in [-0.3, -0.25) is 9.59 Å². The summed E-state index contributed by atoms with van der Waals surface area (Å²) in [6, 6.07) is 12.9. The smallest absolute Gasteiger partial charge is 0.268 e. The Bertz CT molecular complexity index is 815. The molecule has 25 heavy (non-hydrogen) atoms. The molecule has 2 aromatic carbocycles. The minimum absolute atomic E-state index is 0.00324. The quantitative estimate of drug-likeness (QED) is 0.820. The number of aliphatic hydroxyl groups is 1. The number of benzene rings is 2. The Morgan fingerprint density at radius 3 is 2.68 bits per heavy atom. The molecule has 2 amide bonds. The summed E-state index contributed by atoms with van der Waals surface area (Å²) < 4.78 is 13.2. The molecule has 1 aliphatic heterocycles. The molecule has 0 aliphatic carbocycles. The first-order chi connectivity index (χ1) is 11.9.